The molecular formula is C42H28N2. The van der Waals surface area contributed by atoms with E-state index in [2.05, 4.69) is 179 Å². The quantitative estimate of drug-likeness (QED) is 0.203. The summed E-state index contributed by atoms with van der Waals surface area (Å²) >= 11 is 0. The van der Waals surface area contributed by atoms with Crippen molar-refractivity contribution < 1.29 is 0 Å². The van der Waals surface area contributed by atoms with Gasteiger partial charge in [-0.1, -0.05) is 115 Å². The van der Waals surface area contributed by atoms with E-state index >= 15 is 0 Å². The molecule has 0 atom stereocenters. The van der Waals surface area contributed by atoms with Crippen LogP contribution in [0.15, 0.2) is 170 Å². The number of rotatable bonds is 4. The largest absolute Gasteiger partial charge is 0.309 e. The number of para-hydroxylation sites is 3. The van der Waals surface area contributed by atoms with Crippen LogP contribution < -0.4 is 0 Å². The van der Waals surface area contributed by atoms with Gasteiger partial charge in [0.25, 0.3) is 0 Å². The summed E-state index contributed by atoms with van der Waals surface area (Å²) in [6.07, 6.45) is 0. The van der Waals surface area contributed by atoms with Crippen molar-refractivity contribution in [3.63, 3.8) is 0 Å². The predicted molar refractivity (Wildman–Crippen MR) is 186 cm³/mol. The van der Waals surface area contributed by atoms with E-state index in [1.807, 2.05) is 0 Å². The summed E-state index contributed by atoms with van der Waals surface area (Å²) in [5.74, 6) is 0. The third-order valence-electron chi connectivity index (χ3n) is 8.91. The fourth-order valence-electron chi connectivity index (χ4n) is 6.97. The lowest BCUT2D eigenvalue weighted by molar-refractivity contribution is 1.18. The molecule has 0 aliphatic rings. The van der Waals surface area contributed by atoms with E-state index in [-0.39, 0.29) is 0 Å². The molecule has 2 heterocycles. The Morgan fingerprint density at radius 2 is 0.864 bits per heavy atom. The van der Waals surface area contributed by atoms with Crippen molar-refractivity contribution in [1.29, 1.82) is 0 Å². The van der Waals surface area contributed by atoms with Crippen LogP contribution in [-0.2, 0) is 0 Å². The molecule has 0 spiro atoms. The summed E-state index contributed by atoms with van der Waals surface area (Å²) < 4.78 is 4.79. The van der Waals surface area contributed by atoms with E-state index in [0.29, 0.717) is 0 Å². The van der Waals surface area contributed by atoms with E-state index < -0.39 is 0 Å². The van der Waals surface area contributed by atoms with Gasteiger partial charge in [-0.3, -0.25) is 0 Å². The van der Waals surface area contributed by atoms with Crippen molar-refractivity contribution in [2.24, 2.45) is 0 Å². The van der Waals surface area contributed by atoms with Crippen LogP contribution in [0.3, 0.4) is 0 Å². The summed E-state index contributed by atoms with van der Waals surface area (Å²) in [6.45, 7) is 0. The molecule has 0 bridgehead atoms. The highest BCUT2D eigenvalue weighted by Crippen LogP contribution is 2.41. The summed E-state index contributed by atoms with van der Waals surface area (Å²) in [7, 11) is 0. The number of benzene rings is 7. The van der Waals surface area contributed by atoms with Crippen molar-refractivity contribution >= 4 is 43.6 Å². The highest BCUT2D eigenvalue weighted by Gasteiger charge is 2.18. The molecule has 0 fully saturated rings. The van der Waals surface area contributed by atoms with Gasteiger partial charge >= 0.3 is 0 Å². The minimum absolute atomic E-state index is 1.16. The minimum Gasteiger partial charge on any atom is -0.309 e. The Morgan fingerprint density at radius 1 is 0.295 bits per heavy atom. The molecule has 0 saturated carbocycles. The van der Waals surface area contributed by atoms with Gasteiger partial charge < -0.3 is 9.13 Å². The summed E-state index contributed by atoms with van der Waals surface area (Å²) in [5.41, 5.74) is 12.1. The van der Waals surface area contributed by atoms with Crippen molar-refractivity contribution in [3.8, 4) is 33.6 Å². The molecule has 0 aliphatic carbocycles. The Balaban J connectivity index is 1.30. The molecule has 2 aromatic heterocycles. The fraction of sp³-hybridized carbons (Fsp3) is 0. The van der Waals surface area contributed by atoms with Gasteiger partial charge in [-0.05, 0) is 76.9 Å². The number of nitrogens with zero attached hydrogens (tertiary/aromatic N) is 2. The zero-order valence-corrected chi connectivity index (χ0v) is 24.1. The highest BCUT2D eigenvalue weighted by atomic mass is 15.0. The molecule has 0 aliphatic heterocycles. The van der Waals surface area contributed by atoms with Crippen LogP contribution in [0.1, 0.15) is 0 Å². The lowest BCUT2D eigenvalue weighted by Gasteiger charge is -2.10. The first-order valence-electron chi connectivity index (χ1n) is 15.1. The summed E-state index contributed by atoms with van der Waals surface area (Å²) in [4.78, 5) is 0. The third-order valence-corrected chi connectivity index (χ3v) is 8.91. The van der Waals surface area contributed by atoms with Gasteiger partial charge in [0.15, 0.2) is 0 Å². The molecular weight excluding hydrogens is 532 g/mol. The van der Waals surface area contributed by atoms with Crippen molar-refractivity contribution in [3.05, 3.63) is 170 Å². The molecule has 9 rings (SSSR count). The maximum absolute atomic E-state index is 2.42. The molecule has 206 valence electrons. The third kappa shape index (κ3) is 3.75. The van der Waals surface area contributed by atoms with Crippen LogP contribution in [-0.4, -0.2) is 9.13 Å². The minimum atomic E-state index is 1.16. The standard InChI is InChI=1S/C42H28N2/c1-4-13-29(14-5-1)34-20-12-22-40-42(34)36-25-23-31(28-41(36)44(40)33-17-8-3-9-18-33)30-24-26-39-37(27-30)35-19-10-11-21-38(35)43(39)32-15-6-2-7-16-32/h1-28H. The zero-order valence-electron chi connectivity index (χ0n) is 24.1. The van der Waals surface area contributed by atoms with Crippen LogP contribution in [0.2, 0.25) is 0 Å². The van der Waals surface area contributed by atoms with Gasteiger partial charge in [0.1, 0.15) is 0 Å². The average molecular weight is 561 g/mol. The Morgan fingerprint density at radius 3 is 1.61 bits per heavy atom. The first kappa shape index (κ1) is 24.7. The smallest absolute Gasteiger partial charge is 0.0547 e. The van der Waals surface area contributed by atoms with Gasteiger partial charge in [0.2, 0.25) is 0 Å². The first-order valence-corrected chi connectivity index (χ1v) is 15.1. The molecule has 2 nitrogen and oxygen atoms in total. The predicted octanol–water partition coefficient (Wildman–Crippen LogP) is 11.2. The van der Waals surface area contributed by atoms with Gasteiger partial charge in [-0.25, -0.2) is 0 Å². The van der Waals surface area contributed by atoms with Crippen LogP contribution >= 0.6 is 0 Å². The lowest BCUT2D eigenvalue weighted by atomic mass is 9.97. The summed E-state index contributed by atoms with van der Waals surface area (Å²) in [6, 6.07) is 61.4. The van der Waals surface area contributed by atoms with Crippen molar-refractivity contribution in [2.75, 3.05) is 0 Å². The van der Waals surface area contributed by atoms with Crippen molar-refractivity contribution in [1.82, 2.24) is 9.13 Å². The normalized spacial score (nSPS) is 11.6. The Kier molecular flexibility index (Phi) is 5.54. The molecule has 0 saturated heterocycles. The second-order valence-electron chi connectivity index (χ2n) is 11.4. The Hall–Kier alpha value is -5.86. The van der Waals surface area contributed by atoms with E-state index in [1.54, 1.807) is 0 Å². The second kappa shape index (κ2) is 9.86. The number of hydrogen-bond acceptors (Lipinski definition) is 0. The number of hydrogen-bond donors (Lipinski definition) is 0. The molecule has 0 N–H and O–H groups in total. The van der Waals surface area contributed by atoms with E-state index in [9.17, 15) is 0 Å². The van der Waals surface area contributed by atoms with Crippen LogP contribution in [0.25, 0.3) is 77.2 Å². The molecule has 0 radical (unpaired) electrons. The first-order chi connectivity index (χ1) is 21.8. The molecule has 7 aromatic carbocycles. The SMILES string of the molecule is c1ccc(-c2cccc3c2c2ccc(-c4ccc5c(c4)c4ccccc4n5-c4ccccc4)cc2n3-c2ccccc2)cc1. The van der Waals surface area contributed by atoms with E-state index in [4.69, 9.17) is 0 Å². The maximum atomic E-state index is 2.42. The van der Waals surface area contributed by atoms with Gasteiger partial charge in [0, 0.05) is 32.9 Å². The van der Waals surface area contributed by atoms with Gasteiger partial charge in [0.05, 0.1) is 22.1 Å². The van der Waals surface area contributed by atoms with E-state index in [0.717, 1.165) is 5.69 Å². The lowest BCUT2D eigenvalue weighted by Crippen LogP contribution is -1.93. The van der Waals surface area contributed by atoms with Crippen LogP contribution in [0.5, 0.6) is 0 Å². The topological polar surface area (TPSA) is 9.86 Å². The monoisotopic (exact) mass is 560 g/mol. The average Bonchev–Trinajstić information content (AvgIpc) is 3.61. The maximum Gasteiger partial charge on any atom is 0.0547 e. The summed E-state index contributed by atoms with van der Waals surface area (Å²) in [5, 5.41) is 5.07. The van der Waals surface area contributed by atoms with Gasteiger partial charge in [-0.2, -0.15) is 0 Å². The second-order valence-corrected chi connectivity index (χ2v) is 11.4. The van der Waals surface area contributed by atoms with Crippen LogP contribution in [0, 0.1) is 0 Å². The highest BCUT2D eigenvalue weighted by molar-refractivity contribution is 6.17. The molecule has 0 amide bonds. The molecule has 2 heteroatoms. The van der Waals surface area contributed by atoms with Gasteiger partial charge in [-0.15, -0.1) is 0 Å². The van der Waals surface area contributed by atoms with Crippen LogP contribution in [0.4, 0.5) is 0 Å². The van der Waals surface area contributed by atoms with Crippen molar-refractivity contribution in [2.45, 2.75) is 0 Å². The number of aromatic nitrogens is 2. The number of fused-ring (bicyclic) bond motifs is 6. The Bertz CT molecular complexity index is 2470. The molecule has 44 heavy (non-hydrogen) atoms. The fourth-order valence-corrected chi connectivity index (χ4v) is 6.97. The Labute approximate surface area is 255 Å². The molecule has 0 unspecified atom stereocenters. The zero-order chi connectivity index (χ0) is 29.0. The molecule has 9 aromatic rings. The van der Waals surface area contributed by atoms with E-state index in [1.165, 1.54) is 71.6 Å².